The van der Waals surface area contributed by atoms with Crippen LogP contribution in [0.1, 0.15) is 37.2 Å². The van der Waals surface area contributed by atoms with Crippen molar-refractivity contribution in [2.24, 2.45) is 0 Å². The topological polar surface area (TPSA) is 51.2 Å². The van der Waals surface area contributed by atoms with E-state index in [1.165, 1.54) is 0 Å². The molecule has 1 aliphatic rings. The second kappa shape index (κ2) is 5.36. The Morgan fingerprint density at radius 2 is 2.39 bits per heavy atom. The number of carbonyl (C=O) groups excluding carboxylic acids is 1. The summed E-state index contributed by atoms with van der Waals surface area (Å²) >= 11 is 3.34. The van der Waals surface area contributed by atoms with Gasteiger partial charge in [0.05, 0.1) is 5.60 Å². The van der Waals surface area contributed by atoms with E-state index in [2.05, 4.69) is 26.2 Å². The van der Waals surface area contributed by atoms with Crippen LogP contribution in [0.25, 0.3) is 0 Å². The van der Waals surface area contributed by atoms with E-state index >= 15 is 0 Å². The van der Waals surface area contributed by atoms with Gasteiger partial charge in [-0.3, -0.25) is 4.79 Å². The van der Waals surface area contributed by atoms with Gasteiger partial charge in [0.2, 0.25) is 0 Å². The summed E-state index contributed by atoms with van der Waals surface area (Å²) in [5, 5.41) is 3.02. The third kappa shape index (κ3) is 3.29. The Bertz CT molecular complexity index is 448. The Labute approximate surface area is 115 Å². The van der Waals surface area contributed by atoms with Crippen LogP contribution in [0.5, 0.6) is 0 Å². The number of nitrogens with one attached hydrogen (secondary N) is 1. The van der Waals surface area contributed by atoms with Crippen LogP contribution in [0.4, 0.5) is 0 Å². The van der Waals surface area contributed by atoms with Crippen molar-refractivity contribution in [3.05, 3.63) is 28.5 Å². The van der Waals surface area contributed by atoms with Gasteiger partial charge in [-0.2, -0.15) is 0 Å². The van der Waals surface area contributed by atoms with Gasteiger partial charge in [0.25, 0.3) is 5.91 Å². The number of amides is 1. The molecule has 98 valence electrons. The normalized spacial score (nSPS) is 22.5. The molecule has 4 nitrogen and oxygen atoms in total. The molecule has 0 aliphatic carbocycles. The molecule has 1 aromatic heterocycles. The summed E-state index contributed by atoms with van der Waals surface area (Å²) in [4.78, 5) is 16.2. The largest absolute Gasteiger partial charge is 0.375 e. The number of ether oxygens (including phenoxy) is 1. The average molecular weight is 313 g/mol. The third-order valence-electron chi connectivity index (χ3n) is 3.01. The van der Waals surface area contributed by atoms with Crippen molar-refractivity contribution in [1.29, 1.82) is 0 Å². The number of pyridine rings is 1. The van der Waals surface area contributed by atoms with Gasteiger partial charge in [-0.15, -0.1) is 0 Å². The molecule has 2 rings (SSSR count). The molecule has 0 bridgehead atoms. The summed E-state index contributed by atoms with van der Waals surface area (Å²) in [7, 11) is 0. The summed E-state index contributed by atoms with van der Waals surface area (Å²) in [6.45, 7) is 4.77. The highest BCUT2D eigenvalue weighted by molar-refractivity contribution is 9.10. The van der Waals surface area contributed by atoms with Crippen molar-refractivity contribution in [2.45, 2.75) is 38.3 Å². The van der Waals surface area contributed by atoms with Gasteiger partial charge in [-0.25, -0.2) is 4.98 Å². The minimum Gasteiger partial charge on any atom is -0.375 e. The van der Waals surface area contributed by atoms with Crippen LogP contribution in [0.15, 0.2) is 22.8 Å². The molecule has 18 heavy (non-hydrogen) atoms. The maximum absolute atomic E-state index is 12.1. The fraction of sp³-hybridized carbons (Fsp3) is 0.538. The highest BCUT2D eigenvalue weighted by atomic mass is 79.9. The summed E-state index contributed by atoms with van der Waals surface area (Å²) in [5.74, 6) is -0.134. The minimum absolute atomic E-state index is 0.134. The van der Waals surface area contributed by atoms with E-state index in [0.29, 0.717) is 16.8 Å². The molecule has 1 aromatic rings. The van der Waals surface area contributed by atoms with Gasteiger partial charge >= 0.3 is 0 Å². The van der Waals surface area contributed by atoms with E-state index in [0.717, 1.165) is 12.8 Å². The van der Waals surface area contributed by atoms with Gasteiger partial charge < -0.3 is 10.1 Å². The van der Waals surface area contributed by atoms with Gasteiger partial charge in [-0.1, -0.05) is 0 Å². The molecule has 2 heterocycles. The number of rotatable bonds is 2. The highest BCUT2D eigenvalue weighted by Gasteiger charge is 2.30. The van der Waals surface area contributed by atoms with Crippen molar-refractivity contribution in [2.75, 3.05) is 6.61 Å². The number of hydrogen-bond acceptors (Lipinski definition) is 3. The van der Waals surface area contributed by atoms with E-state index in [4.69, 9.17) is 4.74 Å². The Hall–Kier alpha value is -0.940. The quantitative estimate of drug-likeness (QED) is 0.913. The maximum atomic E-state index is 12.1. The lowest BCUT2D eigenvalue weighted by atomic mass is 9.94. The van der Waals surface area contributed by atoms with E-state index in [9.17, 15) is 4.79 Å². The number of halogens is 1. The number of aromatic nitrogens is 1. The van der Waals surface area contributed by atoms with Gasteiger partial charge in [-0.05, 0) is 54.8 Å². The molecular formula is C13H17BrN2O2. The van der Waals surface area contributed by atoms with Crippen molar-refractivity contribution in [1.82, 2.24) is 10.3 Å². The fourth-order valence-corrected chi connectivity index (χ4v) is 2.60. The highest BCUT2D eigenvalue weighted by Crippen LogP contribution is 2.24. The van der Waals surface area contributed by atoms with Crippen molar-refractivity contribution < 1.29 is 9.53 Å². The zero-order valence-electron chi connectivity index (χ0n) is 10.6. The van der Waals surface area contributed by atoms with Crippen molar-refractivity contribution >= 4 is 21.8 Å². The van der Waals surface area contributed by atoms with Crippen molar-refractivity contribution in [3.63, 3.8) is 0 Å². The van der Waals surface area contributed by atoms with E-state index in [1.54, 1.807) is 12.3 Å². The molecule has 1 fully saturated rings. The summed E-state index contributed by atoms with van der Waals surface area (Å²) in [5.41, 5.74) is 0.263. The Kier molecular flexibility index (Phi) is 4.02. The van der Waals surface area contributed by atoms with Crippen LogP contribution >= 0.6 is 15.9 Å². The monoisotopic (exact) mass is 312 g/mol. The first kappa shape index (κ1) is 13.5. The predicted octanol–water partition coefficient (Wildman–Crippen LogP) is 2.53. The summed E-state index contributed by atoms with van der Waals surface area (Å²) in [6.07, 6.45) is 3.29. The van der Waals surface area contributed by atoms with E-state index in [-0.39, 0.29) is 17.6 Å². The molecular weight excluding hydrogens is 296 g/mol. The second-order valence-corrected chi connectivity index (χ2v) is 5.96. The molecule has 1 amide bonds. The van der Waals surface area contributed by atoms with Crippen LogP contribution < -0.4 is 5.32 Å². The second-order valence-electron chi connectivity index (χ2n) is 5.11. The molecule has 1 unspecified atom stereocenters. The first-order valence-electron chi connectivity index (χ1n) is 6.03. The SMILES string of the molecule is CC1(C)CC(NC(=O)c2ncccc2Br)CCO1. The third-order valence-corrected chi connectivity index (χ3v) is 3.65. The van der Waals surface area contributed by atoms with Crippen LogP contribution in [0.2, 0.25) is 0 Å². The molecule has 1 aliphatic heterocycles. The molecule has 0 saturated carbocycles. The number of hydrogen-bond donors (Lipinski definition) is 1. The van der Waals surface area contributed by atoms with E-state index in [1.807, 2.05) is 19.9 Å². The Morgan fingerprint density at radius 1 is 1.61 bits per heavy atom. The molecule has 5 heteroatoms. The lowest BCUT2D eigenvalue weighted by molar-refractivity contribution is -0.0615. The zero-order chi connectivity index (χ0) is 13.2. The maximum Gasteiger partial charge on any atom is 0.271 e. The van der Waals surface area contributed by atoms with Gasteiger partial charge in [0.1, 0.15) is 5.69 Å². The Balaban J connectivity index is 2.02. The van der Waals surface area contributed by atoms with Gasteiger partial charge in [0, 0.05) is 23.3 Å². The summed E-state index contributed by atoms with van der Waals surface area (Å²) < 4.78 is 6.35. The lowest BCUT2D eigenvalue weighted by Crippen LogP contribution is -2.46. The fourth-order valence-electron chi connectivity index (χ4n) is 2.16. The molecule has 0 spiro atoms. The van der Waals surface area contributed by atoms with E-state index < -0.39 is 0 Å². The molecule has 1 atom stereocenters. The van der Waals surface area contributed by atoms with Gasteiger partial charge in [0.15, 0.2) is 0 Å². The van der Waals surface area contributed by atoms with Crippen LogP contribution in [-0.2, 0) is 4.74 Å². The van der Waals surface area contributed by atoms with Crippen LogP contribution in [0.3, 0.4) is 0 Å². The number of carbonyl (C=O) groups is 1. The standard InChI is InChI=1S/C13H17BrN2O2/c1-13(2)8-9(5-7-18-13)16-12(17)11-10(14)4-3-6-15-11/h3-4,6,9H,5,7-8H2,1-2H3,(H,16,17). The average Bonchev–Trinajstić information content (AvgIpc) is 2.28. The minimum atomic E-state index is -0.169. The molecule has 1 N–H and O–H groups in total. The first-order valence-corrected chi connectivity index (χ1v) is 6.82. The predicted molar refractivity (Wildman–Crippen MR) is 72.5 cm³/mol. The Morgan fingerprint density at radius 3 is 3.06 bits per heavy atom. The van der Waals surface area contributed by atoms with Crippen molar-refractivity contribution in [3.8, 4) is 0 Å². The molecule has 1 saturated heterocycles. The first-order chi connectivity index (χ1) is 8.48. The van der Waals surface area contributed by atoms with Crippen LogP contribution in [-0.4, -0.2) is 29.1 Å². The summed E-state index contributed by atoms with van der Waals surface area (Å²) in [6, 6.07) is 3.75. The van der Waals surface area contributed by atoms with Crippen LogP contribution in [0, 0.1) is 0 Å². The smallest absolute Gasteiger partial charge is 0.271 e. The number of nitrogens with zero attached hydrogens (tertiary/aromatic N) is 1. The molecule has 0 radical (unpaired) electrons. The lowest BCUT2D eigenvalue weighted by Gasteiger charge is -2.35. The molecule has 0 aromatic carbocycles. The zero-order valence-corrected chi connectivity index (χ0v) is 12.2.